The van der Waals surface area contributed by atoms with Gasteiger partial charge in [-0.05, 0) is 18.4 Å². The second-order valence-corrected chi connectivity index (χ2v) is 5.83. The molecular weight excluding hydrogens is 292 g/mol. The first-order valence-corrected chi connectivity index (χ1v) is 7.52. The van der Waals surface area contributed by atoms with Gasteiger partial charge in [0, 0.05) is 30.9 Å². The lowest BCUT2D eigenvalue weighted by molar-refractivity contribution is -0.131. The molecule has 0 bridgehead atoms. The third kappa shape index (κ3) is 3.06. The number of thiophene rings is 1. The molecule has 1 unspecified atom stereocenters. The van der Waals surface area contributed by atoms with Gasteiger partial charge in [-0.15, -0.1) is 11.3 Å². The Bertz CT molecular complexity index is 546. The molecule has 0 saturated carbocycles. The Morgan fingerprint density at radius 1 is 1.52 bits per heavy atom. The summed E-state index contributed by atoms with van der Waals surface area (Å²) in [5.41, 5.74) is 4.24. The summed E-state index contributed by atoms with van der Waals surface area (Å²) in [4.78, 5) is 37.8. The average Bonchev–Trinajstić information content (AvgIpc) is 3.05. The van der Waals surface area contributed by atoms with Crippen LogP contribution in [-0.4, -0.2) is 42.4 Å². The van der Waals surface area contributed by atoms with Crippen molar-refractivity contribution in [3.8, 4) is 0 Å². The van der Waals surface area contributed by atoms with Gasteiger partial charge in [0.2, 0.25) is 5.91 Å². The number of urea groups is 1. The lowest BCUT2D eigenvalue weighted by Gasteiger charge is -2.20. The van der Waals surface area contributed by atoms with Crippen LogP contribution in [0.25, 0.3) is 0 Å². The molecule has 0 spiro atoms. The van der Waals surface area contributed by atoms with Crippen LogP contribution in [-0.2, 0) is 15.1 Å². The van der Waals surface area contributed by atoms with Crippen molar-refractivity contribution < 1.29 is 14.4 Å². The monoisotopic (exact) mass is 310 g/mol. The topological polar surface area (TPSA) is 105 Å². The fraction of sp³-hybridized carbons (Fsp3) is 0.462. The van der Waals surface area contributed by atoms with Crippen molar-refractivity contribution in [1.29, 1.82) is 0 Å². The van der Waals surface area contributed by atoms with Crippen LogP contribution in [0.3, 0.4) is 0 Å². The van der Waals surface area contributed by atoms with E-state index in [9.17, 15) is 14.4 Å². The maximum Gasteiger partial charge on any atom is 0.325 e. The Morgan fingerprint density at radius 3 is 2.90 bits per heavy atom. The molecule has 1 aromatic rings. The van der Waals surface area contributed by atoms with Crippen molar-refractivity contribution in [2.45, 2.75) is 18.9 Å². The molecular formula is C13H18N4O3S. The molecule has 4 N–H and O–H groups in total. The maximum absolute atomic E-state index is 12.5. The molecule has 2 heterocycles. The van der Waals surface area contributed by atoms with Gasteiger partial charge in [-0.1, -0.05) is 6.07 Å². The lowest BCUT2D eigenvalue weighted by atomic mass is 10.0. The molecule has 7 nitrogen and oxygen atoms in total. The molecule has 114 valence electrons. The maximum atomic E-state index is 12.5. The molecule has 2 rings (SSSR count). The second-order valence-electron chi connectivity index (χ2n) is 4.88. The number of nitrogens with zero attached hydrogens (tertiary/aromatic N) is 1. The standard InChI is InChI=1S/C13H18N4O3S/c1-13(9-3-2-8-21-9)11(19)17(12(20)16-13)7-4-10(18)15-6-5-14/h2-3,8H,4-7,14H2,1H3,(H,15,18)(H,16,20). The van der Waals surface area contributed by atoms with E-state index in [1.54, 1.807) is 13.0 Å². The first-order chi connectivity index (χ1) is 9.99. The highest BCUT2D eigenvalue weighted by Crippen LogP contribution is 2.31. The number of nitrogens with two attached hydrogens (primary N) is 1. The van der Waals surface area contributed by atoms with Crippen molar-refractivity contribution in [3.05, 3.63) is 22.4 Å². The van der Waals surface area contributed by atoms with Gasteiger partial charge >= 0.3 is 6.03 Å². The van der Waals surface area contributed by atoms with Gasteiger partial charge in [0.15, 0.2) is 5.54 Å². The Labute approximate surface area is 126 Å². The molecule has 8 heteroatoms. The molecule has 1 saturated heterocycles. The van der Waals surface area contributed by atoms with Crippen LogP contribution in [0.4, 0.5) is 4.79 Å². The Kier molecular flexibility index (Phi) is 4.59. The third-order valence-corrected chi connectivity index (χ3v) is 4.41. The SMILES string of the molecule is CC1(c2cccs2)NC(=O)N(CCC(=O)NCCN)C1=O. The van der Waals surface area contributed by atoms with Crippen LogP contribution < -0.4 is 16.4 Å². The number of amides is 4. The molecule has 0 aromatic carbocycles. The Morgan fingerprint density at radius 2 is 2.29 bits per heavy atom. The molecule has 0 radical (unpaired) electrons. The minimum absolute atomic E-state index is 0.0576. The minimum Gasteiger partial charge on any atom is -0.355 e. The van der Waals surface area contributed by atoms with Crippen molar-refractivity contribution in [2.24, 2.45) is 5.73 Å². The fourth-order valence-electron chi connectivity index (χ4n) is 2.14. The van der Waals surface area contributed by atoms with Gasteiger partial charge < -0.3 is 16.4 Å². The molecule has 1 atom stereocenters. The number of nitrogens with one attached hydrogen (secondary N) is 2. The summed E-state index contributed by atoms with van der Waals surface area (Å²) in [7, 11) is 0. The van der Waals surface area contributed by atoms with Crippen LogP contribution >= 0.6 is 11.3 Å². The highest BCUT2D eigenvalue weighted by molar-refractivity contribution is 7.10. The van der Waals surface area contributed by atoms with Crippen LogP contribution in [0.5, 0.6) is 0 Å². The molecule has 0 aliphatic carbocycles. The highest BCUT2D eigenvalue weighted by atomic mass is 32.1. The van der Waals surface area contributed by atoms with Gasteiger partial charge in [0.05, 0.1) is 0 Å². The zero-order chi connectivity index (χ0) is 15.5. The van der Waals surface area contributed by atoms with E-state index in [-0.39, 0.29) is 24.8 Å². The first-order valence-electron chi connectivity index (χ1n) is 6.64. The van der Waals surface area contributed by atoms with Gasteiger partial charge in [-0.3, -0.25) is 14.5 Å². The van der Waals surface area contributed by atoms with E-state index in [2.05, 4.69) is 10.6 Å². The molecule has 21 heavy (non-hydrogen) atoms. The molecule has 1 aliphatic heterocycles. The second kappa shape index (κ2) is 6.23. The summed E-state index contributed by atoms with van der Waals surface area (Å²) >= 11 is 1.41. The largest absolute Gasteiger partial charge is 0.355 e. The molecule has 1 aromatic heterocycles. The molecule has 4 amide bonds. The third-order valence-electron chi connectivity index (χ3n) is 3.32. The zero-order valence-electron chi connectivity index (χ0n) is 11.7. The van der Waals surface area contributed by atoms with Crippen LogP contribution in [0.2, 0.25) is 0 Å². The van der Waals surface area contributed by atoms with Crippen molar-refractivity contribution in [3.63, 3.8) is 0 Å². The number of hydrogen-bond acceptors (Lipinski definition) is 5. The van der Waals surface area contributed by atoms with Crippen LogP contribution in [0.1, 0.15) is 18.2 Å². The Hall–Kier alpha value is -1.93. The summed E-state index contributed by atoms with van der Waals surface area (Å²) in [5.74, 6) is -0.563. The number of carbonyl (C=O) groups is 3. The van der Waals surface area contributed by atoms with E-state index in [1.165, 1.54) is 11.3 Å². The van der Waals surface area contributed by atoms with Crippen molar-refractivity contribution in [1.82, 2.24) is 15.5 Å². The summed E-state index contributed by atoms with van der Waals surface area (Å²) in [6.07, 6.45) is 0.0691. The fourth-order valence-corrected chi connectivity index (χ4v) is 2.98. The van der Waals surface area contributed by atoms with E-state index in [1.807, 2.05) is 11.4 Å². The predicted molar refractivity (Wildman–Crippen MR) is 78.6 cm³/mol. The number of rotatable bonds is 6. The van der Waals surface area contributed by atoms with Crippen LogP contribution in [0, 0.1) is 0 Å². The molecule has 1 fully saturated rings. The van der Waals surface area contributed by atoms with E-state index in [0.29, 0.717) is 13.1 Å². The summed E-state index contributed by atoms with van der Waals surface area (Å²) in [5, 5.41) is 7.15. The van der Waals surface area contributed by atoms with Gasteiger partial charge in [0.25, 0.3) is 5.91 Å². The van der Waals surface area contributed by atoms with E-state index in [0.717, 1.165) is 9.78 Å². The van der Waals surface area contributed by atoms with Gasteiger partial charge in [0.1, 0.15) is 0 Å². The minimum atomic E-state index is -1.04. The summed E-state index contributed by atoms with van der Waals surface area (Å²) in [6.45, 7) is 2.47. The quantitative estimate of drug-likeness (QED) is 0.642. The molecule has 1 aliphatic rings. The normalized spacial score (nSPS) is 21.5. The van der Waals surface area contributed by atoms with E-state index >= 15 is 0 Å². The Balaban J connectivity index is 2.01. The summed E-state index contributed by atoms with van der Waals surface area (Å²) < 4.78 is 0. The summed E-state index contributed by atoms with van der Waals surface area (Å²) in [6, 6.07) is 3.16. The number of hydrogen-bond donors (Lipinski definition) is 3. The first kappa shape index (κ1) is 15.5. The average molecular weight is 310 g/mol. The van der Waals surface area contributed by atoms with E-state index in [4.69, 9.17) is 5.73 Å². The van der Waals surface area contributed by atoms with Gasteiger partial charge in [-0.25, -0.2) is 4.79 Å². The van der Waals surface area contributed by atoms with E-state index < -0.39 is 11.6 Å². The van der Waals surface area contributed by atoms with Gasteiger partial charge in [-0.2, -0.15) is 0 Å². The highest BCUT2D eigenvalue weighted by Gasteiger charge is 2.49. The number of imide groups is 1. The smallest absolute Gasteiger partial charge is 0.325 e. The van der Waals surface area contributed by atoms with Crippen molar-refractivity contribution in [2.75, 3.05) is 19.6 Å². The zero-order valence-corrected chi connectivity index (χ0v) is 12.5. The lowest BCUT2D eigenvalue weighted by Crippen LogP contribution is -2.40. The predicted octanol–water partition coefficient (Wildman–Crippen LogP) is -0.0199. The van der Waals surface area contributed by atoms with Crippen molar-refractivity contribution >= 4 is 29.2 Å². The number of carbonyl (C=O) groups excluding carboxylic acids is 3. The van der Waals surface area contributed by atoms with Crippen LogP contribution in [0.15, 0.2) is 17.5 Å².